The first kappa shape index (κ1) is 20.5. The number of benzene rings is 2. The molecule has 2 aromatic carbocycles. The van der Waals surface area contributed by atoms with Crippen LogP contribution in [0.5, 0.6) is 0 Å². The number of H-pyrrole nitrogens is 1. The zero-order valence-electron chi connectivity index (χ0n) is 17.0. The van der Waals surface area contributed by atoms with E-state index in [1.165, 1.54) is 13.5 Å². The number of nitrogens with one attached hydrogen (secondary N) is 2. The average molecular weight is 425 g/mol. The summed E-state index contributed by atoms with van der Waals surface area (Å²) in [5.74, 6) is -0.234. The van der Waals surface area contributed by atoms with Crippen LogP contribution in [0.15, 0.2) is 42.5 Å². The van der Waals surface area contributed by atoms with Gasteiger partial charge in [0.2, 0.25) is 5.91 Å². The molecular weight excluding hydrogens is 400 g/mol. The van der Waals surface area contributed by atoms with Gasteiger partial charge in [-0.15, -0.1) is 0 Å². The summed E-state index contributed by atoms with van der Waals surface area (Å²) in [6.45, 7) is 0. The van der Waals surface area contributed by atoms with Crippen molar-refractivity contribution in [2.24, 2.45) is 5.92 Å². The van der Waals surface area contributed by atoms with Crippen LogP contribution in [0.4, 0.5) is 5.69 Å². The van der Waals surface area contributed by atoms with Crippen molar-refractivity contribution in [1.29, 1.82) is 0 Å². The first-order valence-corrected chi connectivity index (χ1v) is 10.7. The molecule has 1 aliphatic rings. The van der Waals surface area contributed by atoms with Crippen molar-refractivity contribution in [2.45, 2.75) is 38.5 Å². The Labute approximate surface area is 180 Å². The van der Waals surface area contributed by atoms with Crippen molar-refractivity contribution >= 4 is 40.1 Å². The summed E-state index contributed by atoms with van der Waals surface area (Å²) in [7, 11) is 1.39. The van der Waals surface area contributed by atoms with Crippen molar-refractivity contribution in [3.63, 3.8) is 0 Å². The Bertz CT molecular complexity index is 1080. The summed E-state index contributed by atoms with van der Waals surface area (Å²) in [6, 6.07) is 13.4. The van der Waals surface area contributed by atoms with E-state index in [9.17, 15) is 9.59 Å². The maximum Gasteiger partial charge on any atom is 0.310 e. The van der Waals surface area contributed by atoms with E-state index in [2.05, 4.69) is 10.3 Å². The molecule has 30 heavy (non-hydrogen) atoms. The van der Waals surface area contributed by atoms with Crippen LogP contribution in [-0.4, -0.2) is 24.0 Å². The summed E-state index contributed by atoms with van der Waals surface area (Å²) in [4.78, 5) is 28.2. The van der Waals surface area contributed by atoms with Crippen molar-refractivity contribution in [2.75, 3.05) is 12.4 Å². The number of carbonyl (C=O) groups excluding carboxylic acids is 2. The van der Waals surface area contributed by atoms with Gasteiger partial charge in [-0.3, -0.25) is 9.59 Å². The fourth-order valence-corrected chi connectivity index (χ4v) is 4.39. The summed E-state index contributed by atoms with van der Waals surface area (Å²) in [6.07, 6.45) is 5.39. The van der Waals surface area contributed by atoms with Crippen molar-refractivity contribution < 1.29 is 14.3 Å². The van der Waals surface area contributed by atoms with Gasteiger partial charge in [0, 0.05) is 22.4 Å². The van der Waals surface area contributed by atoms with Crippen LogP contribution in [0.3, 0.4) is 0 Å². The van der Waals surface area contributed by atoms with E-state index in [4.69, 9.17) is 16.3 Å². The number of aromatic amines is 1. The number of fused-ring (bicyclic) bond motifs is 1. The van der Waals surface area contributed by atoms with E-state index in [-0.39, 0.29) is 24.2 Å². The van der Waals surface area contributed by atoms with Gasteiger partial charge in [0.25, 0.3) is 0 Å². The van der Waals surface area contributed by atoms with Gasteiger partial charge in [0.1, 0.15) is 0 Å². The molecule has 5 nitrogen and oxygen atoms in total. The Morgan fingerprint density at radius 3 is 2.67 bits per heavy atom. The number of hydrogen-bond acceptors (Lipinski definition) is 3. The number of methoxy groups -OCH3 is 1. The molecule has 0 aliphatic heterocycles. The van der Waals surface area contributed by atoms with Gasteiger partial charge in [-0.2, -0.15) is 0 Å². The lowest BCUT2D eigenvalue weighted by Gasteiger charge is -2.21. The van der Waals surface area contributed by atoms with Crippen molar-refractivity contribution in [3.05, 3.63) is 53.1 Å². The number of rotatable bonds is 5. The Morgan fingerprint density at radius 1 is 1.13 bits per heavy atom. The highest BCUT2D eigenvalue weighted by atomic mass is 35.5. The number of carbonyl (C=O) groups is 2. The van der Waals surface area contributed by atoms with E-state index in [0.29, 0.717) is 10.7 Å². The molecule has 2 N–H and O–H groups in total. The van der Waals surface area contributed by atoms with Crippen molar-refractivity contribution in [3.8, 4) is 11.3 Å². The normalized spacial score (nSPS) is 14.6. The summed E-state index contributed by atoms with van der Waals surface area (Å²) in [5.41, 5.74) is 4.07. The summed E-state index contributed by atoms with van der Waals surface area (Å²) in [5, 5.41) is 4.49. The van der Waals surface area contributed by atoms with Crippen LogP contribution >= 0.6 is 11.6 Å². The average Bonchev–Trinajstić information content (AvgIpc) is 3.14. The smallest absolute Gasteiger partial charge is 0.310 e. The lowest BCUT2D eigenvalue weighted by Crippen LogP contribution is -2.24. The lowest BCUT2D eigenvalue weighted by atomic mass is 9.88. The minimum atomic E-state index is -0.305. The van der Waals surface area contributed by atoms with E-state index >= 15 is 0 Å². The van der Waals surface area contributed by atoms with Crippen LogP contribution < -0.4 is 5.32 Å². The van der Waals surface area contributed by atoms with Gasteiger partial charge >= 0.3 is 5.97 Å². The van der Waals surface area contributed by atoms with Crippen LogP contribution in [0, 0.1) is 5.92 Å². The molecule has 0 unspecified atom stereocenters. The maximum atomic E-state index is 12.7. The zero-order valence-corrected chi connectivity index (χ0v) is 17.7. The molecule has 156 valence electrons. The number of aromatic nitrogens is 1. The number of anilines is 1. The summed E-state index contributed by atoms with van der Waals surface area (Å²) < 4.78 is 4.90. The number of ether oxygens (including phenoxy) is 1. The molecule has 1 fully saturated rings. The third kappa shape index (κ3) is 4.21. The van der Waals surface area contributed by atoms with Crippen LogP contribution in [0.1, 0.15) is 37.7 Å². The molecular formula is C24H25ClN2O3. The highest BCUT2D eigenvalue weighted by Gasteiger charge is 2.22. The fourth-order valence-electron chi connectivity index (χ4n) is 4.22. The zero-order chi connectivity index (χ0) is 21.1. The highest BCUT2D eigenvalue weighted by molar-refractivity contribution is 6.33. The quantitative estimate of drug-likeness (QED) is 0.514. The molecule has 0 bridgehead atoms. The van der Waals surface area contributed by atoms with Gasteiger partial charge < -0.3 is 15.0 Å². The predicted molar refractivity (Wildman–Crippen MR) is 120 cm³/mol. The van der Waals surface area contributed by atoms with Gasteiger partial charge in [0.05, 0.1) is 29.9 Å². The number of halogens is 1. The van der Waals surface area contributed by atoms with Crippen LogP contribution in [0.2, 0.25) is 5.02 Å². The Balaban J connectivity index is 1.70. The van der Waals surface area contributed by atoms with E-state index in [1.54, 1.807) is 6.07 Å². The molecule has 6 heteroatoms. The van der Waals surface area contributed by atoms with Gasteiger partial charge in [-0.25, -0.2) is 0 Å². The third-order valence-electron chi connectivity index (χ3n) is 5.85. The van der Waals surface area contributed by atoms with Gasteiger partial charge in [-0.05, 0) is 36.6 Å². The lowest BCUT2D eigenvalue weighted by molar-refractivity contribution is -0.139. The monoisotopic (exact) mass is 424 g/mol. The highest BCUT2D eigenvalue weighted by Crippen LogP contribution is 2.35. The van der Waals surface area contributed by atoms with E-state index in [0.717, 1.165) is 53.4 Å². The Morgan fingerprint density at radius 2 is 1.90 bits per heavy atom. The Hall–Kier alpha value is -2.79. The number of para-hydroxylation sites is 1. The molecule has 1 aromatic heterocycles. The molecule has 0 spiro atoms. The van der Waals surface area contributed by atoms with Crippen LogP contribution in [-0.2, 0) is 20.7 Å². The van der Waals surface area contributed by atoms with E-state index < -0.39 is 0 Å². The first-order valence-electron chi connectivity index (χ1n) is 10.3. The molecule has 3 aromatic rings. The number of amides is 1. The second-order valence-corrected chi connectivity index (χ2v) is 8.20. The maximum absolute atomic E-state index is 12.7. The molecule has 4 rings (SSSR count). The minimum absolute atomic E-state index is 0.0279. The third-order valence-corrected chi connectivity index (χ3v) is 6.18. The molecule has 0 radical (unpaired) electrons. The van der Waals surface area contributed by atoms with Gasteiger partial charge in [-0.1, -0.05) is 55.1 Å². The van der Waals surface area contributed by atoms with E-state index in [1.807, 2.05) is 36.4 Å². The predicted octanol–water partition coefficient (Wildman–Crippen LogP) is 5.72. The van der Waals surface area contributed by atoms with Crippen molar-refractivity contribution in [1.82, 2.24) is 4.98 Å². The SMILES string of the molecule is COC(=O)Cc1c(-c2ccc(Cl)c(NC(=O)C3CCCCC3)c2)[nH]c2ccccc12. The molecule has 0 saturated heterocycles. The topological polar surface area (TPSA) is 71.2 Å². The summed E-state index contributed by atoms with van der Waals surface area (Å²) >= 11 is 6.39. The molecule has 1 aliphatic carbocycles. The fraction of sp³-hybridized carbons (Fsp3) is 0.333. The number of esters is 1. The standard InChI is InChI=1S/C24H25ClN2O3/c1-30-22(28)14-18-17-9-5-6-10-20(17)26-23(18)16-11-12-19(25)21(13-16)27-24(29)15-7-3-2-4-8-15/h5-6,9-13,15,26H,2-4,7-8,14H2,1H3,(H,27,29). The molecule has 1 heterocycles. The second-order valence-electron chi connectivity index (χ2n) is 7.80. The molecule has 1 amide bonds. The second kappa shape index (κ2) is 8.92. The first-order chi connectivity index (χ1) is 14.6. The molecule has 0 atom stereocenters. The minimum Gasteiger partial charge on any atom is -0.469 e. The largest absolute Gasteiger partial charge is 0.469 e. The number of hydrogen-bond donors (Lipinski definition) is 2. The van der Waals surface area contributed by atoms with Crippen LogP contribution in [0.25, 0.3) is 22.2 Å². The van der Waals surface area contributed by atoms with Gasteiger partial charge in [0.15, 0.2) is 0 Å². The Kier molecular flexibility index (Phi) is 6.09. The molecule has 1 saturated carbocycles.